The number of rotatable bonds is 7. The minimum Gasteiger partial charge on any atom is -0.481 e. The third-order valence-electron chi connectivity index (χ3n) is 3.24. The van der Waals surface area contributed by atoms with Gasteiger partial charge >= 0.3 is 5.97 Å². The van der Waals surface area contributed by atoms with Crippen LogP contribution in [0.3, 0.4) is 0 Å². The molecule has 0 bridgehead atoms. The summed E-state index contributed by atoms with van der Waals surface area (Å²) in [5, 5.41) is 14.9. The molecule has 0 aromatic rings. The number of carbonyl (C=O) groups excluding carboxylic acids is 1. The highest BCUT2D eigenvalue weighted by Gasteiger charge is 2.31. The number of carboxylic acids is 1. The summed E-state index contributed by atoms with van der Waals surface area (Å²) < 4.78 is 0. The van der Waals surface area contributed by atoms with Gasteiger partial charge in [0.15, 0.2) is 0 Å². The Morgan fingerprint density at radius 2 is 2.26 bits per heavy atom. The molecule has 0 aromatic carbocycles. The molecule has 1 aliphatic rings. The first kappa shape index (κ1) is 15.9. The Morgan fingerprint density at radius 1 is 1.53 bits per heavy atom. The van der Waals surface area contributed by atoms with Gasteiger partial charge in [-0.15, -0.1) is 0 Å². The second-order valence-corrected chi connectivity index (χ2v) is 5.13. The van der Waals surface area contributed by atoms with E-state index >= 15 is 0 Å². The predicted octanol–water partition coefficient (Wildman–Crippen LogP) is -0.539. The quantitative estimate of drug-likeness (QED) is 0.396. The molecule has 0 spiro atoms. The molecule has 1 saturated heterocycles. The first-order valence-corrected chi connectivity index (χ1v) is 6.73. The molecule has 1 unspecified atom stereocenters. The van der Waals surface area contributed by atoms with Crippen molar-refractivity contribution in [1.29, 1.82) is 0 Å². The molecule has 1 rings (SSSR count). The third kappa shape index (κ3) is 6.00. The molecule has 1 fully saturated rings. The van der Waals surface area contributed by atoms with E-state index in [-0.39, 0.29) is 18.5 Å². The van der Waals surface area contributed by atoms with Crippen LogP contribution in [0.5, 0.6) is 0 Å². The summed E-state index contributed by atoms with van der Waals surface area (Å²) in [6.45, 7) is 0.456. The van der Waals surface area contributed by atoms with Crippen LogP contribution in [0.2, 0.25) is 0 Å². The van der Waals surface area contributed by atoms with Crippen molar-refractivity contribution < 1.29 is 14.7 Å². The van der Waals surface area contributed by atoms with E-state index < -0.39 is 11.6 Å². The van der Waals surface area contributed by atoms with Crippen molar-refractivity contribution in [2.45, 2.75) is 56.8 Å². The second-order valence-electron chi connectivity index (χ2n) is 5.13. The van der Waals surface area contributed by atoms with Gasteiger partial charge in [-0.3, -0.25) is 14.9 Å². The summed E-state index contributed by atoms with van der Waals surface area (Å²) in [5.74, 6) is -0.988. The van der Waals surface area contributed by atoms with E-state index in [2.05, 4.69) is 10.6 Å². The number of aliphatic carboxylic acids is 1. The Morgan fingerprint density at radius 3 is 2.89 bits per heavy atom. The topological polar surface area (TPSA) is 130 Å². The van der Waals surface area contributed by atoms with Crippen molar-refractivity contribution in [1.82, 2.24) is 10.6 Å². The van der Waals surface area contributed by atoms with Crippen LogP contribution in [0, 0.1) is 0 Å². The lowest BCUT2D eigenvalue weighted by atomic mass is 9.99. The SMILES string of the molecule is NCCC[C@](N)(CC(=O)O)NC1CCCCC(=O)N1. The highest BCUT2D eigenvalue weighted by Crippen LogP contribution is 2.15. The van der Waals surface area contributed by atoms with Gasteiger partial charge in [-0.25, -0.2) is 0 Å². The largest absolute Gasteiger partial charge is 0.481 e. The average molecular weight is 272 g/mol. The molecular formula is C12H24N4O3. The molecule has 0 radical (unpaired) electrons. The predicted molar refractivity (Wildman–Crippen MR) is 71.0 cm³/mol. The van der Waals surface area contributed by atoms with Gasteiger partial charge in [-0.2, -0.15) is 0 Å². The van der Waals surface area contributed by atoms with Gasteiger partial charge in [0.2, 0.25) is 5.91 Å². The number of amides is 1. The molecule has 1 heterocycles. The fourth-order valence-electron chi connectivity index (χ4n) is 2.33. The Labute approximate surface area is 113 Å². The van der Waals surface area contributed by atoms with Crippen LogP contribution in [0.1, 0.15) is 44.9 Å². The summed E-state index contributed by atoms with van der Waals surface area (Å²) >= 11 is 0. The number of hydrogen-bond donors (Lipinski definition) is 5. The van der Waals surface area contributed by atoms with Crippen molar-refractivity contribution in [2.75, 3.05) is 6.54 Å². The van der Waals surface area contributed by atoms with Crippen LogP contribution in [0.25, 0.3) is 0 Å². The fourth-order valence-corrected chi connectivity index (χ4v) is 2.33. The van der Waals surface area contributed by atoms with Crippen molar-refractivity contribution in [3.63, 3.8) is 0 Å². The zero-order valence-electron chi connectivity index (χ0n) is 11.2. The highest BCUT2D eigenvalue weighted by molar-refractivity contribution is 5.76. The van der Waals surface area contributed by atoms with Gasteiger partial charge in [-0.1, -0.05) is 0 Å². The Bertz CT molecular complexity index is 324. The third-order valence-corrected chi connectivity index (χ3v) is 3.24. The maximum atomic E-state index is 11.5. The van der Waals surface area contributed by atoms with Crippen molar-refractivity contribution in [3.8, 4) is 0 Å². The summed E-state index contributed by atoms with van der Waals surface area (Å²) in [4.78, 5) is 22.4. The van der Waals surface area contributed by atoms with Crippen LogP contribution in [-0.2, 0) is 9.59 Å². The van der Waals surface area contributed by atoms with Gasteiger partial charge in [0.1, 0.15) is 0 Å². The molecule has 7 nitrogen and oxygen atoms in total. The lowest BCUT2D eigenvalue weighted by Crippen LogP contribution is -2.62. The van der Waals surface area contributed by atoms with Gasteiger partial charge in [0.05, 0.1) is 18.2 Å². The normalized spacial score (nSPS) is 23.3. The van der Waals surface area contributed by atoms with Crippen LogP contribution < -0.4 is 22.1 Å². The van der Waals surface area contributed by atoms with E-state index in [1.165, 1.54) is 0 Å². The fraction of sp³-hybridized carbons (Fsp3) is 0.833. The summed E-state index contributed by atoms with van der Waals surface area (Å²) in [5.41, 5.74) is 10.5. The smallest absolute Gasteiger partial charge is 0.306 e. The van der Waals surface area contributed by atoms with Crippen LogP contribution in [0.15, 0.2) is 0 Å². The maximum Gasteiger partial charge on any atom is 0.306 e. The number of carboxylic acid groups (broad SMARTS) is 1. The zero-order chi connectivity index (χ0) is 14.3. The summed E-state index contributed by atoms with van der Waals surface area (Å²) in [7, 11) is 0. The molecular weight excluding hydrogens is 248 g/mol. The van der Waals surface area contributed by atoms with E-state index in [0.717, 1.165) is 19.3 Å². The standard InChI is InChI=1S/C12H24N4O3/c13-7-3-6-12(14,8-11(18)19)16-9-4-1-2-5-10(17)15-9/h9,16H,1-8,13-14H2,(H,15,17)(H,18,19)/t9?,12-/m1/s1. The molecule has 7 heteroatoms. The lowest BCUT2D eigenvalue weighted by Gasteiger charge is -2.34. The van der Waals surface area contributed by atoms with E-state index in [9.17, 15) is 9.59 Å². The molecule has 0 aromatic heterocycles. The number of nitrogens with one attached hydrogen (secondary N) is 2. The molecule has 110 valence electrons. The molecule has 19 heavy (non-hydrogen) atoms. The van der Waals surface area contributed by atoms with E-state index in [1.807, 2.05) is 0 Å². The average Bonchev–Trinajstić information content (AvgIpc) is 2.50. The van der Waals surface area contributed by atoms with Crippen molar-refractivity contribution in [2.24, 2.45) is 11.5 Å². The molecule has 1 aliphatic heterocycles. The Kier molecular flexibility index (Phi) is 6.20. The van der Waals surface area contributed by atoms with Crippen LogP contribution in [-0.4, -0.2) is 35.4 Å². The molecule has 7 N–H and O–H groups in total. The first-order valence-electron chi connectivity index (χ1n) is 6.73. The lowest BCUT2D eigenvalue weighted by molar-refractivity contribution is -0.138. The Balaban J connectivity index is 2.63. The summed E-state index contributed by atoms with van der Waals surface area (Å²) in [6, 6.07) is 0. The minimum absolute atomic E-state index is 0.0218. The maximum absolute atomic E-state index is 11.5. The van der Waals surface area contributed by atoms with E-state index in [1.54, 1.807) is 0 Å². The van der Waals surface area contributed by atoms with Gasteiger partial charge in [-0.05, 0) is 38.6 Å². The van der Waals surface area contributed by atoms with Crippen molar-refractivity contribution >= 4 is 11.9 Å². The van der Waals surface area contributed by atoms with Gasteiger partial charge in [0.25, 0.3) is 0 Å². The second kappa shape index (κ2) is 7.42. The number of carbonyl (C=O) groups is 2. The van der Waals surface area contributed by atoms with E-state index in [0.29, 0.717) is 25.8 Å². The molecule has 2 atom stereocenters. The van der Waals surface area contributed by atoms with Crippen LogP contribution >= 0.6 is 0 Å². The van der Waals surface area contributed by atoms with Gasteiger partial charge in [0, 0.05) is 6.42 Å². The molecule has 0 aliphatic carbocycles. The number of nitrogens with two attached hydrogens (primary N) is 2. The monoisotopic (exact) mass is 272 g/mol. The van der Waals surface area contributed by atoms with Crippen LogP contribution in [0.4, 0.5) is 0 Å². The zero-order valence-corrected chi connectivity index (χ0v) is 11.2. The van der Waals surface area contributed by atoms with Gasteiger partial charge < -0.3 is 21.9 Å². The first-order chi connectivity index (χ1) is 8.95. The van der Waals surface area contributed by atoms with Crippen molar-refractivity contribution in [3.05, 3.63) is 0 Å². The highest BCUT2D eigenvalue weighted by atomic mass is 16.4. The molecule has 0 saturated carbocycles. The van der Waals surface area contributed by atoms with E-state index in [4.69, 9.17) is 16.6 Å². The number of hydrogen-bond acceptors (Lipinski definition) is 5. The Hall–Kier alpha value is -1.18. The summed E-state index contributed by atoms with van der Waals surface area (Å²) in [6.07, 6.45) is 3.67. The molecule has 1 amide bonds. The minimum atomic E-state index is -1.03.